The Kier molecular flexibility index (Phi) is 5.42. The van der Waals surface area contributed by atoms with Crippen LogP contribution in [0.2, 0.25) is 0 Å². The summed E-state index contributed by atoms with van der Waals surface area (Å²) in [6, 6.07) is 17.4. The molecule has 2 heterocycles. The fourth-order valence-corrected chi connectivity index (χ4v) is 3.57. The van der Waals surface area contributed by atoms with Gasteiger partial charge in [-0.2, -0.15) is 0 Å². The number of hydrogen-bond acceptors (Lipinski definition) is 5. The molecule has 0 fully saturated rings. The summed E-state index contributed by atoms with van der Waals surface area (Å²) in [5.74, 6) is 0.911. The summed E-state index contributed by atoms with van der Waals surface area (Å²) in [6.07, 6.45) is 2.07. The van der Waals surface area contributed by atoms with E-state index in [1.165, 1.54) is 5.56 Å². The van der Waals surface area contributed by atoms with Crippen molar-refractivity contribution < 1.29 is 9.53 Å². The highest BCUT2D eigenvalue weighted by atomic mass is 16.5. The molecule has 0 radical (unpaired) electrons. The lowest BCUT2D eigenvalue weighted by atomic mass is 10.0. The van der Waals surface area contributed by atoms with E-state index in [0.29, 0.717) is 29.7 Å². The summed E-state index contributed by atoms with van der Waals surface area (Å²) in [4.78, 5) is 24.2. The Morgan fingerprint density at radius 1 is 1.14 bits per heavy atom. The van der Waals surface area contributed by atoms with E-state index in [4.69, 9.17) is 4.74 Å². The van der Waals surface area contributed by atoms with E-state index < -0.39 is 0 Å². The number of fused-ring (bicyclic) bond motifs is 1. The lowest BCUT2D eigenvalue weighted by molar-refractivity contribution is 0.102. The van der Waals surface area contributed by atoms with Gasteiger partial charge in [0.25, 0.3) is 5.91 Å². The van der Waals surface area contributed by atoms with E-state index >= 15 is 0 Å². The molecule has 6 heteroatoms. The number of aryl methyl sites for hydroxylation is 2. The maximum atomic E-state index is 12.9. The van der Waals surface area contributed by atoms with Crippen LogP contribution in [0.3, 0.4) is 0 Å². The molecule has 4 rings (SSSR count). The van der Waals surface area contributed by atoms with Gasteiger partial charge < -0.3 is 15.0 Å². The van der Waals surface area contributed by atoms with Crippen LogP contribution in [0.4, 0.5) is 17.3 Å². The second-order valence-electron chi connectivity index (χ2n) is 6.96. The summed E-state index contributed by atoms with van der Waals surface area (Å²) in [7, 11) is 0. The minimum absolute atomic E-state index is 0.283. The summed E-state index contributed by atoms with van der Waals surface area (Å²) in [6.45, 7) is 5.15. The molecular formula is C23H24N4O2. The summed E-state index contributed by atoms with van der Waals surface area (Å²) in [5, 5.41) is 2.92. The Hall–Kier alpha value is -3.41. The van der Waals surface area contributed by atoms with Crippen molar-refractivity contribution in [2.45, 2.75) is 26.7 Å². The SMILES string of the molecule is CCOc1ccccc1NC(=O)c1cc(C)nc(N2CCCc3ccccc32)n1. The second kappa shape index (κ2) is 8.31. The molecule has 1 aromatic heterocycles. The predicted molar refractivity (Wildman–Crippen MR) is 114 cm³/mol. The molecule has 29 heavy (non-hydrogen) atoms. The first-order valence-corrected chi connectivity index (χ1v) is 9.90. The number of benzene rings is 2. The van der Waals surface area contributed by atoms with E-state index in [9.17, 15) is 4.79 Å². The van der Waals surface area contributed by atoms with Crippen LogP contribution in [-0.4, -0.2) is 29.0 Å². The van der Waals surface area contributed by atoms with Crippen LogP contribution in [0.1, 0.15) is 35.1 Å². The van der Waals surface area contributed by atoms with Gasteiger partial charge in [-0.3, -0.25) is 4.79 Å². The summed E-state index contributed by atoms with van der Waals surface area (Å²) in [5.41, 5.74) is 4.10. The fraction of sp³-hybridized carbons (Fsp3) is 0.261. The van der Waals surface area contributed by atoms with Crippen LogP contribution < -0.4 is 15.0 Å². The number of carbonyl (C=O) groups is 1. The number of ether oxygens (including phenoxy) is 1. The summed E-state index contributed by atoms with van der Waals surface area (Å²) >= 11 is 0. The van der Waals surface area contributed by atoms with Crippen molar-refractivity contribution in [2.75, 3.05) is 23.4 Å². The molecule has 2 aromatic carbocycles. The van der Waals surface area contributed by atoms with Crippen molar-refractivity contribution in [2.24, 2.45) is 0 Å². The Labute approximate surface area is 170 Å². The van der Waals surface area contributed by atoms with Gasteiger partial charge in [-0.05, 0) is 56.5 Å². The quantitative estimate of drug-likeness (QED) is 0.696. The van der Waals surface area contributed by atoms with Crippen molar-refractivity contribution in [3.05, 3.63) is 71.5 Å². The smallest absolute Gasteiger partial charge is 0.274 e. The molecule has 148 valence electrons. The number of rotatable bonds is 5. The molecule has 0 atom stereocenters. The van der Waals surface area contributed by atoms with Gasteiger partial charge in [-0.15, -0.1) is 0 Å². The number of hydrogen-bond donors (Lipinski definition) is 1. The molecule has 0 spiro atoms. The number of amides is 1. The Bertz CT molecular complexity index is 1030. The minimum Gasteiger partial charge on any atom is -0.492 e. The lowest BCUT2D eigenvalue weighted by Crippen LogP contribution is -2.27. The van der Waals surface area contributed by atoms with Crippen molar-refractivity contribution in [3.8, 4) is 5.75 Å². The molecule has 0 aliphatic carbocycles. The van der Waals surface area contributed by atoms with Crippen LogP contribution in [-0.2, 0) is 6.42 Å². The first-order chi connectivity index (χ1) is 14.2. The Balaban J connectivity index is 1.64. The number of nitrogens with zero attached hydrogens (tertiary/aromatic N) is 3. The van der Waals surface area contributed by atoms with Gasteiger partial charge in [-0.25, -0.2) is 9.97 Å². The van der Waals surface area contributed by atoms with Gasteiger partial charge in [0.05, 0.1) is 12.3 Å². The molecule has 0 bridgehead atoms. The van der Waals surface area contributed by atoms with Gasteiger partial charge in [-0.1, -0.05) is 30.3 Å². The number of aromatic nitrogens is 2. The normalized spacial score (nSPS) is 13.0. The zero-order valence-electron chi connectivity index (χ0n) is 16.7. The molecule has 0 saturated carbocycles. The van der Waals surface area contributed by atoms with E-state index in [2.05, 4.69) is 32.3 Å². The average molecular weight is 388 g/mol. The average Bonchev–Trinajstić information content (AvgIpc) is 2.74. The maximum Gasteiger partial charge on any atom is 0.274 e. The predicted octanol–water partition coefficient (Wildman–Crippen LogP) is 4.52. The molecule has 6 nitrogen and oxygen atoms in total. The van der Waals surface area contributed by atoms with Crippen LogP contribution in [0.15, 0.2) is 54.6 Å². The van der Waals surface area contributed by atoms with Gasteiger partial charge >= 0.3 is 0 Å². The third kappa shape index (κ3) is 4.06. The van der Waals surface area contributed by atoms with E-state index in [1.807, 2.05) is 50.2 Å². The van der Waals surface area contributed by atoms with Crippen LogP contribution in [0, 0.1) is 6.92 Å². The molecule has 1 N–H and O–H groups in total. The minimum atomic E-state index is -0.283. The van der Waals surface area contributed by atoms with Gasteiger partial charge in [0, 0.05) is 17.9 Å². The van der Waals surface area contributed by atoms with E-state index in [1.54, 1.807) is 6.07 Å². The monoisotopic (exact) mass is 388 g/mol. The molecule has 3 aromatic rings. The Morgan fingerprint density at radius 2 is 1.93 bits per heavy atom. The van der Waals surface area contributed by atoms with E-state index in [0.717, 1.165) is 30.8 Å². The van der Waals surface area contributed by atoms with E-state index in [-0.39, 0.29) is 5.91 Å². The highest BCUT2D eigenvalue weighted by Gasteiger charge is 2.22. The Morgan fingerprint density at radius 3 is 2.79 bits per heavy atom. The molecule has 1 amide bonds. The summed E-state index contributed by atoms with van der Waals surface area (Å²) < 4.78 is 5.60. The van der Waals surface area contributed by atoms with Crippen molar-refractivity contribution in [1.29, 1.82) is 0 Å². The van der Waals surface area contributed by atoms with Crippen molar-refractivity contribution in [3.63, 3.8) is 0 Å². The molecular weight excluding hydrogens is 364 g/mol. The third-order valence-electron chi connectivity index (χ3n) is 4.86. The highest BCUT2D eigenvalue weighted by molar-refractivity contribution is 6.04. The zero-order chi connectivity index (χ0) is 20.2. The zero-order valence-corrected chi connectivity index (χ0v) is 16.7. The number of nitrogens with one attached hydrogen (secondary N) is 1. The van der Waals surface area contributed by atoms with Crippen LogP contribution in [0.25, 0.3) is 0 Å². The first kappa shape index (κ1) is 18.9. The lowest BCUT2D eigenvalue weighted by Gasteiger charge is -2.29. The molecule has 1 aliphatic rings. The van der Waals surface area contributed by atoms with Crippen molar-refractivity contribution >= 4 is 23.2 Å². The number of para-hydroxylation sites is 3. The maximum absolute atomic E-state index is 12.9. The highest BCUT2D eigenvalue weighted by Crippen LogP contribution is 2.31. The topological polar surface area (TPSA) is 67.3 Å². The molecule has 0 unspecified atom stereocenters. The standard InChI is InChI=1S/C23H24N4O2/c1-3-29-21-13-7-5-11-18(21)25-22(28)19-15-16(2)24-23(26-19)27-14-8-10-17-9-4-6-12-20(17)27/h4-7,9,11-13,15H,3,8,10,14H2,1-2H3,(H,25,28). The largest absolute Gasteiger partial charge is 0.492 e. The molecule has 0 saturated heterocycles. The number of carbonyl (C=O) groups excluding carboxylic acids is 1. The number of anilines is 3. The molecule has 1 aliphatic heterocycles. The fourth-order valence-electron chi connectivity index (χ4n) is 3.57. The van der Waals surface area contributed by atoms with Gasteiger partial charge in [0.15, 0.2) is 0 Å². The van der Waals surface area contributed by atoms with Crippen LogP contribution >= 0.6 is 0 Å². The third-order valence-corrected chi connectivity index (χ3v) is 4.86. The van der Waals surface area contributed by atoms with Gasteiger partial charge in [0.1, 0.15) is 11.4 Å². The second-order valence-corrected chi connectivity index (χ2v) is 6.96. The van der Waals surface area contributed by atoms with Crippen molar-refractivity contribution in [1.82, 2.24) is 9.97 Å². The van der Waals surface area contributed by atoms with Gasteiger partial charge in [0.2, 0.25) is 5.95 Å². The van der Waals surface area contributed by atoms with Crippen LogP contribution in [0.5, 0.6) is 5.75 Å². The first-order valence-electron chi connectivity index (χ1n) is 9.90.